The number of alkyl halides is 1. The van der Waals surface area contributed by atoms with E-state index < -0.39 is 6.67 Å². The van der Waals surface area contributed by atoms with Crippen molar-refractivity contribution >= 4 is 28.3 Å². The van der Waals surface area contributed by atoms with E-state index >= 15 is 0 Å². The minimum atomic E-state index is -0.568. The molecule has 0 atom stereocenters. The number of nitrogens with zero attached hydrogens (tertiary/aromatic N) is 4. The molecular formula is C16H13ClFN5. The molecule has 0 unspecified atom stereocenters. The van der Waals surface area contributed by atoms with Crippen LogP contribution in [0.5, 0.6) is 0 Å². The van der Waals surface area contributed by atoms with Crippen molar-refractivity contribution in [3.8, 4) is 0 Å². The van der Waals surface area contributed by atoms with Crippen molar-refractivity contribution in [3.05, 3.63) is 64.6 Å². The lowest BCUT2D eigenvalue weighted by Crippen LogP contribution is -2.17. The first-order chi connectivity index (χ1) is 11.2. The smallest absolute Gasteiger partial charge is 0.123 e. The quantitative estimate of drug-likeness (QED) is 0.690. The molecule has 1 aromatic carbocycles. The normalized spacial score (nSPS) is 17.5. The molecule has 0 bridgehead atoms. The minimum Gasteiger partial charge on any atom is -0.283 e. The van der Waals surface area contributed by atoms with Gasteiger partial charge in [0.25, 0.3) is 0 Å². The van der Waals surface area contributed by atoms with E-state index in [2.05, 4.69) is 15.7 Å². The van der Waals surface area contributed by atoms with Crippen molar-refractivity contribution in [2.75, 3.05) is 6.67 Å². The number of nitrogens with one attached hydrogen (secondary N) is 1. The van der Waals surface area contributed by atoms with Gasteiger partial charge in [0.1, 0.15) is 17.3 Å². The van der Waals surface area contributed by atoms with Gasteiger partial charge in [0.05, 0.1) is 22.6 Å². The highest BCUT2D eigenvalue weighted by atomic mass is 35.5. The molecule has 116 valence electrons. The Morgan fingerprint density at radius 3 is 2.91 bits per heavy atom. The fraction of sp³-hybridized carbons (Fsp3) is 0.125. The first-order valence-corrected chi connectivity index (χ1v) is 7.54. The molecule has 1 N–H and O–H groups in total. The van der Waals surface area contributed by atoms with E-state index in [9.17, 15) is 4.39 Å². The summed E-state index contributed by atoms with van der Waals surface area (Å²) in [4.78, 5) is 0. The van der Waals surface area contributed by atoms with E-state index in [0.717, 1.165) is 33.7 Å². The topological polar surface area (TPSA) is 45.8 Å². The number of hydrazine groups is 1. The molecule has 4 rings (SSSR count). The molecule has 2 aromatic rings. The van der Waals surface area contributed by atoms with Crippen molar-refractivity contribution < 1.29 is 4.39 Å². The third-order valence-electron chi connectivity index (χ3n) is 3.80. The molecule has 5 nitrogen and oxygen atoms in total. The van der Waals surface area contributed by atoms with Gasteiger partial charge in [-0.2, -0.15) is 0 Å². The van der Waals surface area contributed by atoms with E-state index in [1.807, 2.05) is 48.4 Å². The molecule has 1 aromatic heterocycles. The lowest BCUT2D eigenvalue weighted by atomic mass is 10.1. The van der Waals surface area contributed by atoms with Gasteiger partial charge in [0.15, 0.2) is 0 Å². The number of benzene rings is 1. The lowest BCUT2D eigenvalue weighted by molar-refractivity contribution is 0.503. The van der Waals surface area contributed by atoms with Gasteiger partial charge in [-0.3, -0.25) is 10.4 Å². The van der Waals surface area contributed by atoms with Crippen molar-refractivity contribution in [1.82, 2.24) is 25.4 Å². The van der Waals surface area contributed by atoms with E-state index in [1.54, 1.807) is 4.68 Å². The number of allylic oxidation sites excluding steroid dienone is 4. The van der Waals surface area contributed by atoms with Crippen LogP contribution in [-0.2, 0) is 0 Å². The zero-order valence-corrected chi connectivity index (χ0v) is 13.0. The van der Waals surface area contributed by atoms with Crippen LogP contribution >= 0.6 is 11.6 Å². The van der Waals surface area contributed by atoms with E-state index in [0.29, 0.717) is 5.16 Å². The molecule has 0 amide bonds. The van der Waals surface area contributed by atoms with Crippen LogP contribution in [0.4, 0.5) is 4.39 Å². The first kappa shape index (κ1) is 14.0. The number of hydrogen-bond acceptors (Lipinski definition) is 4. The number of aromatic nitrogens is 3. The number of fused-ring (bicyclic) bond motifs is 2. The fourth-order valence-electron chi connectivity index (χ4n) is 2.78. The van der Waals surface area contributed by atoms with Gasteiger partial charge >= 0.3 is 0 Å². The van der Waals surface area contributed by atoms with Crippen LogP contribution in [0.1, 0.15) is 6.92 Å². The van der Waals surface area contributed by atoms with Crippen LogP contribution in [0.25, 0.3) is 16.7 Å². The molecule has 2 aliphatic rings. The summed E-state index contributed by atoms with van der Waals surface area (Å²) in [6.45, 7) is 1.33. The highest BCUT2D eigenvalue weighted by Crippen LogP contribution is 2.45. The highest BCUT2D eigenvalue weighted by molar-refractivity contribution is 6.29. The summed E-state index contributed by atoms with van der Waals surface area (Å²) in [6.07, 6.45) is 5.25. The summed E-state index contributed by atoms with van der Waals surface area (Å²) in [7, 11) is 0. The van der Waals surface area contributed by atoms with E-state index in [-0.39, 0.29) is 0 Å². The van der Waals surface area contributed by atoms with Crippen LogP contribution in [0.3, 0.4) is 0 Å². The first-order valence-electron chi connectivity index (χ1n) is 7.17. The summed E-state index contributed by atoms with van der Waals surface area (Å²) >= 11 is 5.91. The Morgan fingerprint density at radius 1 is 1.39 bits per heavy atom. The lowest BCUT2D eigenvalue weighted by Gasteiger charge is -2.12. The SMILES string of the molecule is C/C=C(\C(=C/CF)C1=C2C=C(Cl)NN21)n1nnc2ccccc21. The van der Waals surface area contributed by atoms with Gasteiger partial charge in [-0.05, 0) is 25.1 Å². The van der Waals surface area contributed by atoms with Gasteiger partial charge in [0.2, 0.25) is 0 Å². The number of para-hydroxylation sites is 1. The Bertz CT molecular complexity index is 921. The highest BCUT2D eigenvalue weighted by Gasteiger charge is 2.40. The standard InChI is InChI=1S/C16H13ClFN5/c1-2-12(22-13-6-4-3-5-11(13)19-21-22)10(7-8-18)16-14-9-15(17)20-23(14)16/h2-7,9,20H,8H2,1H3/b10-7+,12-2+. The zero-order chi connectivity index (χ0) is 16.0. The summed E-state index contributed by atoms with van der Waals surface area (Å²) < 4.78 is 14.8. The number of hydrogen-bond donors (Lipinski definition) is 1. The van der Waals surface area contributed by atoms with Crippen molar-refractivity contribution in [1.29, 1.82) is 0 Å². The molecule has 3 heterocycles. The monoisotopic (exact) mass is 329 g/mol. The maximum absolute atomic E-state index is 13.1. The fourth-order valence-corrected chi connectivity index (χ4v) is 2.97. The van der Waals surface area contributed by atoms with Crippen LogP contribution in [0.15, 0.2) is 64.6 Å². The zero-order valence-electron chi connectivity index (χ0n) is 12.3. The number of rotatable bonds is 4. The predicted molar refractivity (Wildman–Crippen MR) is 87.5 cm³/mol. The molecular weight excluding hydrogens is 317 g/mol. The summed E-state index contributed by atoms with van der Waals surface area (Å²) in [5.41, 5.74) is 8.04. The Labute approximate surface area is 137 Å². The molecule has 7 heteroatoms. The second-order valence-corrected chi connectivity index (χ2v) is 5.52. The van der Waals surface area contributed by atoms with Crippen LogP contribution in [0, 0.1) is 0 Å². The maximum Gasteiger partial charge on any atom is 0.123 e. The van der Waals surface area contributed by atoms with Gasteiger partial charge < -0.3 is 0 Å². The second kappa shape index (κ2) is 5.24. The van der Waals surface area contributed by atoms with Gasteiger partial charge in [-0.1, -0.05) is 35.0 Å². The Balaban J connectivity index is 1.81. The van der Waals surface area contributed by atoms with E-state index in [1.165, 1.54) is 6.08 Å². The average Bonchev–Trinajstić information content (AvgIpc) is 2.90. The van der Waals surface area contributed by atoms with Crippen molar-refractivity contribution in [3.63, 3.8) is 0 Å². The molecule has 0 spiro atoms. The molecule has 0 saturated heterocycles. The van der Waals surface area contributed by atoms with Gasteiger partial charge in [0, 0.05) is 11.6 Å². The molecule has 2 aliphatic heterocycles. The Kier molecular flexibility index (Phi) is 3.20. The Morgan fingerprint density at radius 2 is 2.22 bits per heavy atom. The molecule has 23 heavy (non-hydrogen) atoms. The predicted octanol–water partition coefficient (Wildman–Crippen LogP) is 3.31. The maximum atomic E-state index is 13.1. The van der Waals surface area contributed by atoms with Crippen LogP contribution in [-0.4, -0.2) is 26.7 Å². The summed E-state index contributed by atoms with van der Waals surface area (Å²) in [5, 5.41) is 10.8. The summed E-state index contributed by atoms with van der Waals surface area (Å²) in [6, 6.07) is 7.67. The molecule has 0 radical (unpaired) electrons. The third-order valence-corrected chi connectivity index (χ3v) is 4.00. The van der Waals surface area contributed by atoms with Crippen molar-refractivity contribution in [2.45, 2.75) is 6.92 Å². The Hall–Kier alpha value is -2.60. The van der Waals surface area contributed by atoms with Gasteiger partial charge in [-0.25, -0.2) is 9.07 Å². The third kappa shape index (κ3) is 2.14. The molecule has 0 aliphatic carbocycles. The number of halogens is 2. The van der Waals surface area contributed by atoms with Crippen molar-refractivity contribution in [2.24, 2.45) is 0 Å². The second-order valence-electron chi connectivity index (χ2n) is 5.11. The summed E-state index contributed by atoms with van der Waals surface area (Å²) in [5.74, 6) is 0. The largest absolute Gasteiger partial charge is 0.283 e. The van der Waals surface area contributed by atoms with Crippen LogP contribution in [0.2, 0.25) is 0 Å². The average molecular weight is 330 g/mol. The molecule has 0 saturated carbocycles. The van der Waals surface area contributed by atoms with E-state index in [4.69, 9.17) is 11.6 Å². The molecule has 0 fully saturated rings. The van der Waals surface area contributed by atoms with Crippen LogP contribution < -0.4 is 5.43 Å². The van der Waals surface area contributed by atoms with Gasteiger partial charge in [-0.15, -0.1) is 5.10 Å². The minimum absolute atomic E-state index is 0.552.